The van der Waals surface area contributed by atoms with E-state index in [4.69, 9.17) is 9.47 Å². The molecule has 236 valence electrons. The van der Waals surface area contributed by atoms with Crippen LogP contribution in [0.15, 0.2) is 70.0 Å². The summed E-state index contributed by atoms with van der Waals surface area (Å²) in [5.74, 6) is -0.153. The lowest BCUT2D eigenvalue weighted by Gasteiger charge is -2.32. The van der Waals surface area contributed by atoms with Crippen LogP contribution in [0.5, 0.6) is 11.5 Å². The number of amides is 2. The van der Waals surface area contributed by atoms with Gasteiger partial charge in [0, 0.05) is 23.1 Å². The highest BCUT2D eigenvalue weighted by Gasteiger charge is 2.34. The summed E-state index contributed by atoms with van der Waals surface area (Å²) in [6, 6.07) is 16.4. The summed E-state index contributed by atoms with van der Waals surface area (Å²) in [4.78, 5) is 29.1. The Hall–Kier alpha value is -3.57. The molecule has 2 amide bonds. The zero-order chi connectivity index (χ0) is 32.0. The van der Waals surface area contributed by atoms with Crippen LogP contribution in [0, 0.1) is 13.8 Å². The van der Waals surface area contributed by atoms with Crippen LogP contribution in [0.3, 0.4) is 0 Å². The van der Waals surface area contributed by atoms with Crippen LogP contribution in [-0.2, 0) is 26.2 Å². The minimum Gasteiger partial charge on any atom is -0.493 e. The van der Waals surface area contributed by atoms with E-state index in [0.29, 0.717) is 11.4 Å². The van der Waals surface area contributed by atoms with Crippen molar-refractivity contribution in [2.75, 3.05) is 25.1 Å². The van der Waals surface area contributed by atoms with E-state index in [1.165, 1.54) is 37.3 Å². The first-order valence-corrected chi connectivity index (χ1v) is 16.8. The molecule has 0 radical (unpaired) electrons. The first kappa shape index (κ1) is 33.3. The number of halogens is 1. The van der Waals surface area contributed by atoms with Crippen LogP contribution in [0.4, 0.5) is 5.69 Å². The van der Waals surface area contributed by atoms with Crippen molar-refractivity contribution in [3.05, 3.63) is 81.8 Å². The molecule has 1 fully saturated rings. The van der Waals surface area contributed by atoms with Crippen molar-refractivity contribution in [1.29, 1.82) is 0 Å². The summed E-state index contributed by atoms with van der Waals surface area (Å²) < 4.78 is 41.2. The monoisotopic (exact) mass is 685 g/mol. The molecule has 0 saturated heterocycles. The van der Waals surface area contributed by atoms with Gasteiger partial charge in [-0.05, 0) is 86.7 Å². The molecular weight excluding hydrogens is 646 g/mol. The maximum Gasteiger partial charge on any atom is 0.264 e. The van der Waals surface area contributed by atoms with E-state index < -0.39 is 28.5 Å². The number of hydrogen-bond acceptors (Lipinski definition) is 6. The Kier molecular flexibility index (Phi) is 11.0. The molecule has 3 aromatic carbocycles. The van der Waals surface area contributed by atoms with Crippen LogP contribution >= 0.6 is 15.9 Å². The predicted molar refractivity (Wildman–Crippen MR) is 175 cm³/mol. The molecule has 9 nitrogen and oxygen atoms in total. The van der Waals surface area contributed by atoms with E-state index in [1.54, 1.807) is 19.1 Å². The van der Waals surface area contributed by atoms with Gasteiger partial charge in [0.15, 0.2) is 11.5 Å². The molecule has 0 heterocycles. The average molecular weight is 687 g/mol. The van der Waals surface area contributed by atoms with E-state index in [9.17, 15) is 18.0 Å². The van der Waals surface area contributed by atoms with Gasteiger partial charge in [0.25, 0.3) is 10.0 Å². The number of hydrogen-bond donors (Lipinski definition) is 1. The summed E-state index contributed by atoms with van der Waals surface area (Å²) in [6.07, 6.45) is 3.92. The standard InChI is InChI=1S/C33H40BrN3O6S/c1-22-15-23(2)17-28(16-22)37(44(40,41)29-13-14-30(42-4)31(19-29)43-5)21-32(38)36(20-25-9-8-10-26(34)18-25)24(3)33(39)35-27-11-6-7-12-27/h8-10,13-19,24,27H,6-7,11-12,20-21H2,1-5H3,(H,35,39). The van der Waals surface area contributed by atoms with Gasteiger partial charge in [-0.3, -0.25) is 13.9 Å². The molecule has 0 bridgehead atoms. The summed E-state index contributed by atoms with van der Waals surface area (Å²) in [6.45, 7) is 5.02. The lowest BCUT2D eigenvalue weighted by atomic mass is 10.1. The van der Waals surface area contributed by atoms with Crippen molar-refractivity contribution >= 4 is 43.5 Å². The van der Waals surface area contributed by atoms with Gasteiger partial charge in [-0.25, -0.2) is 8.42 Å². The maximum atomic E-state index is 14.3. The van der Waals surface area contributed by atoms with Crippen LogP contribution in [0.2, 0.25) is 0 Å². The van der Waals surface area contributed by atoms with Gasteiger partial charge >= 0.3 is 0 Å². The average Bonchev–Trinajstić information content (AvgIpc) is 3.50. The molecule has 1 unspecified atom stereocenters. The van der Waals surface area contributed by atoms with Crippen LogP contribution in [-0.4, -0.2) is 58.0 Å². The summed E-state index contributed by atoms with van der Waals surface area (Å²) in [5.41, 5.74) is 2.83. The zero-order valence-electron chi connectivity index (χ0n) is 25.8. The van der Waals surface area contributed by atoms with Gasteiger partial charge in [-0.15, -0.1) is 0 Å². The fourth-order valence-corrected chi connectivity index (χ4v) is 7.39. The summed E-state index contributed by atoms with van der Waals surface area (Å²) in [5, 5.41) is 3.09. The smallest absolute Gasteiger partial charge is 0.264 e. The number of methoxy groups -OCH3 is 2. The molecule has 3 aromatic rings. The van der Waals surface area contributed by atoms with Crippen LogP contribution in [0.1, 0.15) is 49.3 Å². The van der Waals surface area contributed by atoms with Gasteiger partial charge in [0.1, 0.15) is 12.6 Å². The quantitative estimate of drug-likeness (QED) is 0.260. The minimum atomic E-state index is -4.28. The Morgan fingerprint density at radius 2 is 1.61 bits per heavy atom. The van der Waals surface area contributed by atoms with E-state index in [1.807, 2.05) is 44.2 Å². The largest absolute Gasteiger partial charge is 0.493 e. The fourth-order valence-electron chi connectivity index (χ4n) is 5.53. The molecule has 11 heteroatoms. The van der Waals surface area contributed by atoms with Gasteiger partial charge < -0.3 is 19.7 Å². The number of anilines is 1. The van der Waals surface area contributed by atoms with Crippen molar-refractivity contribution in [2.45, 2.75) is 70.0 Å². The summed E-state index contributed by atoms with van der Waals surface area (Å²) in [7, 11) is -1.38. The van der Waals surface area contributed by atoms with E-state index in [-0.39, 0.29) is 29.1 Å². The second kappa shape index (κ2) is 14.5. The Morgan fingerprint density at radius 1 is 0.955 bits per heavy atom. The summed E-state index contributed by atoms with van der Waals surface area (Å²) >= 11 is 3.48. The Bertz CT molecular complexity index is 1590. The number of rotatable bonds is 12. The van der Waals surface area contributed by atoms with Gasteiger partial charge in [-0.1, -0.05) is 47.0 Å². The Balaban J connectivity index is 1.75. The van der Waals surface area contributed by atoms with Crippen molar-refractivity contribution in [3.8, 4) is 11.5 Å². The van der Waals surface area contributed by atoms with E-state index in [2.05, 4.69) is 21.2 Å². The topological polar surface area (TPSA) is 105 Å². The van der Waals surface area contributed by atoms with Gasteiger partial charge in [0.05, 0.1) is 24.8 Å². The third kappa shape index (κ3) is 7.92. The molecule has 0 spiro atoms. The maximum absolute atomic E-state index is 14.3. The molecule has 44 heavy (non-hydrogen) atoms. The molecule has 1 aliphatic carbocycles. The predicted octanol–water partition coefficient (Wildman–Crippen LogP) is 5.75. The number of benzene rings is 3. The highest BCUT2D eigenvalue weighted by atomic mass is 79.9. The van der Waals surface area contributed by atoms with Crippen LogP contribution in [0.25, 0.3) is 0 Å². The van der Waals surface area contributed by atoms with Gasteiger partial charge in [-0.2, -0.15) is 0 Å². The number of carbonyl (C=O) groups is 2. The molecule has 1 saturated carbocycles. The Morgan fingerprint density at radius 3 is 2.23 bits per heavy atom. The third-order valence-corrected chi connectivity index (χ3v) is 10.1. The molecule has 4 rings (SSSR count). The molecule has 1 atom stereocenters. The SMILES string of the molecule is COc1ccc(S(=O)(=O)N(CC(=O)N(Cc2cccc(Br)c2)C(C)C(=O)NC2CCCC2)c2cc(C)cc(C)c2)cc1OC. The normalized spacial score (nSPS) is 14.1. The number of carbonyl (C=O) groups excluding carboxylic acids is 2. The van der Waals surface area contributed by atoms with E-state index >= 15 is 0 Å². The van der Waals surface area contributed by atoms with Crippen LogP contribution < -0.4 is 19.1 Å². The van der Waals surface area contributed by atoms with Crippen molar-refractivity contribution in [3.63, 3.8) is 0 Å². The zero-order valence-corrected chi connectivity index (χ0v) is 28.2. The lowest BCUT2D eigenvalue weighted by molar-refractivity contribution is -0.139. The Labute approximate surface area is 268 Å². The molecule has 1 N–H and O–H groups in total. The first-order valence-electron chi connectivity index (χ1n) is 14.6. The highest BCUT2D eigenvalue weighted by Crippen LogP contribution is 2.33. The number of sulfonamides is 1. The van der Waals surface area contributed by atoms with Crippen molar-refractivity contribution < 1.29 is 27.5 Å². The molecule has 0 aromatic heterocycles. The fraction of sp³-hybridized carbons (Fsp3) is 0.394. The van der Waals surface area contributed by atoms with Crippen molar-refractivity contribution in [1.82, 2.24) is 10.2 Å². The number of aryl methyl sites for hydroxylation is 2. The lowest BCUT2D eigenvalue weighted by Crippen LogP contribution is -2.52. The molecule has 0 aliphatic heterocycles. The first-order chi connectivity index (χ1) is 20.9. The molecule has 1 aliphatic rings. The third-order valence-electron chi connectivity index (χ3n) is 7.83. The van der Waals surface area contributed by atoms with Gasteiger partial charge in [0.2, 0.25) is 11.8 Å². The van der Waals surface area contributed by atoms with E-state index in [0.717, 1.165) is 51.2 Å². The van der Waals surface area contributed by atoms with Crippen molar-refractivity contribution in [2.24, 2.45) is 0 Å². The highest BCUT2D eigenvalue weighted by molar-refractivity contribution is 9.10. The number of nitrogens with one attached hydrogen (secondary N) is 1. The minimum absolute atomic E-state index is 0.0623. The number of ether oxygens (including phenoxy) is 2. The second-order valence-corrected chi connectivity index (χ2v) is 14.0. The number of nitrogens with zero attached hydrogens (tertiary/aromatic N) is 2. The molecular formula is C33H40BrN3O6S. The second-order valence-electron chi connectivity index (χ2n) is 11.2.